The van der Waals surface area contributed by atoms with Crippen LogP contribution < -0.4 is 0 Å². The summed E-state index contributed by atoms with van der Waals surface area (Å²) in [4.78, 5) is 61.8. The quantitative estimate of drug-likeness (QED) is 0.431. The average Bonchev–Trinajstić information content (AvgIpc) is 3.40. The molecule has 24 heavy (non-hydrogen) atoms. The monoisotopic (exact) mass is 329 g/mol. The standard InChI is InChI=1S/C17H15NO6/c1-24-17(23)13(14(20)9-6-7-9)12(19)8-18-15(21)10-4-2-3-5-11(10)16(18)22/h2-5,9,13H,6-8H2,1H3. The second-order valence-corrected chi connectivity index (χ2v) is 5.84. The van der Waals surface area contributed by atoms with Gasteiger partial charge in [-0.3, -0.25) is 28.9 Å². The number of rotatable bonds is 6. The molecule has 0 bridgehead atoms. The molecule has 1 atom stereocenters. The van der Waals surface area contributed by atoms with E-state index in [0.717, 1.165) is 12.0 Å². The van der Waals surface area contributed by atoms with Gasteiger partial charge in [0.05, 0.1) is 24.8 Å². The number of methoxy groups -OCH3 is 1. The van der Waals surface area contributed by atoms with E-state index in [9.17, 15) is 24.0 Å². The number of hydrogen-bond donors (Lipinski definition) is 0. The van der Waals surface area contributed by atoms with Crippen LogP contribution in [-0.2, 0) is 19.1 Å². The molecule has 1 fully saturated rings. The van der Waals surface area contributed by atoms with E-state index in [-0.39, 0.29) is 17.0 Å². The number of carbonyl (C=O) groups excluding carboxylic acids is 5. The molecule has 2 amide bonds. The summed E-state index contributed by atoms with van der Waals surface area (Å²) in [5, 5.41) is 0. The van der Waals surface area contributed by atoms with Crippen molar-refractivity contribution in [3.63, 3.8) is 0 Å². The summed E-state index contributed by atoms with van der Waals surface area (Å²) in [7, 11) is 1.09. The maximum Gasteiger partial charge on any atom is 0.323 e. The fraction of sp³-hybridized carbons (Fsp3) is 0.353. The molecule has 7 nitrogen and oxygen atoms in total. The van der Waals surface area contributed by atoms with Gasteiger partial charge in [0.25, 0.3) is 11.8 Å². The molecule has 1 aliphatic heterocycles. The molecular weight excluding hydrogens is 314 g/mol. The molecule has 1 heterocycles. The highest BCUT2D eigenvalue weighted by Crippen LogP contribution is 2.33. The van der Waals surface area contributed by atoms with Crippen LogP contribution in [-0.4, -0.2) is 47.9 Å². The summed E-state index contributed by atoms with van der Waals surface area (Å²) in [6.45, 7) is -0.620. The maximum atomic E-state index is 12.4. The number of carbonyl (C=O) groups is 5. The molecule has 2 aliphatic rings. The maximum absolute atomic E-state index is 12.4. The fourth-order valence-corrected chi connectivity index (χ4v) is 2.76. The lowest BCUT2D eigenvalue weighted by molar-refractivity contribution is -0.153. The van der Waals surface area contributed by atoms with E-state index in [1.807, 2.05) is 0 Å². The zero-order valence-corrected chi connectivity index (χ0v) is 13.0. The van der Waals surface area contributed by atoms with E-state index in [2.05, 4.69) is 4.74 Å². The number of ether oxygens (including phenoxy) is 1. The van der Waals surface area contributed by atoms with E-state index in [1.54, 1.807) is 12.1 Å². The summed E-state index contributed by atoms with van der Waals surface area (Å²) in [6.07, 6.45) is 1.26. The van der Waals surface area contributed by atoms with Crippen molar-refractivity contribution in [2.45, 2.75) is 12.8 Å². The van der Waals surface area contributed by atoms with Crippen molar-refractivity contribution < 1.29 is 28.7 Å². The third-order valence-corrected chi connectivity index (χ3v) is 4.22. The van der Waals surface area contributed by atoms with Gasteiger partial charge in [0.15, 0.2) is 17.5 Å². The van der Waals surface area contributed by atoms with E-state index in [4.69, 9.17) is 0 Å². The molecule has 1 saturated carbocycles. The van der Waals surface area contributed by atoms with Gasteiger partial charge in [0.2, 0.25) is 0 Å². The molecule has 0 spiro atoms. The Morgan fingerprint density at radius 3 is 2.12 bits per heavy atom. The Morgan fingerprint density at radius 2 is 1.67 bits per heavy atom. The Labute approximate surface area is 137 Å². The van der Waals surface area contributed by atoms with Crippen LogP contribution in [0, 0.1) is 11.8 Å². The molecule has 1 unspecified atom stereocenters. The first-order chi connectivity index (χ1) is 11.5. The highest BCUT2D eigenvalue weighted by atomic mass is 16.5. The van der Waals surface area contributed by atoms with Crippen LogP contribution in [0.4, 0.5) is 0 Å². The molecular formula is C17H15NO6. The number of nitrogens with zero attached hydrogens (tertiary/aromatic N) is 1. The molecule has 1 aliphatic carbocycles. The smallest absolute Gasteiger partial charge is 0.323 e. The molecule has 0 aromatic heterocycles. The topological polar surface area (TPSA) is 97.8 Å². The molecule has 1 aromatic carbocycles. The number of benzene rings is 1. The van der Waals surface area contributed by atoms with Crippen LogP contribution in [0.25, 0.3) is 0 Å². The Balaban J connectivity index is 1.81. The molecule has 0 radical (unpaired) electrons. The predicted octanol–water partition coefficient (Wildman–Crippen LogP) is 0.620. The van der Waals surface area contributed by atoms with Crippen LogP contribution in [0.3, 0.4) is 0 Å². The number of fused-ring (bicyclic) bond motifs is 1. The average molecular weight is 329 g/mol. The summed E-state index contributed by atoms with van der Waals surface area (Å²) < 4.78 is 4.54. The number of hydrogen-bond acceptors (Lipinski definition) is 6. The van der Waals surface area contributed by atoms with Crippen molar-refractivity contribution in [2.24, 2.45) is 11.8 Å². The summed E-state index contributed by atoms with van der Waals surface area (Å²) in [6, 6.07) is 6.22. The van der Waals surface area contributed by atoms with Gasteiger partial charge < -0.3 is 4.74 Å². The Bertz CT molecular complexity index is 729. The molecule has 0 N–H and O–H groups in total. The number of Topliss-reactive ketones (excluding diaryl/α,β-unsaturated/α-hetero) is 2. The van der Waals surface area contributed by atoms with Crippen LogP contribution in [0.2, 0.25) is 0 Å². The number of imide groups is 1. The lowest BCUT2D eigenvalue weighted by Gasteiger charge is -2.17. The first-order valence-electron chi connectivity index (χ1n) is 7.55. The largest absolute Gasteiger partial charge is 0.468 e. The SMILES string of the molecule is COC(=O)C(C(=O)CN1C(=O)c2ccccc2C1=O)C(=O)C1CC1. The van der Waals surface area contributed by atoms with Crippen LogP contribution in [0.1, 0.15) is 33.6 Å². The minimum absolute atomic E-state index is 0.207. The molecule has 0 saturated heterocycles. The van der Waals surface area contributed by atoms with Crippen LogP contribution >= 0.6 is 0 Å². The summed E-state index contributed by atoms with van der Waals surface area (Å²) in [5.74, 6) is -5.35. The van der Waals surface area contributed by atoms with Crippen molar-refractivity contribution in [1.82, 2.24) is 4.90 Å². The number of esters is 1. The van der Waals surface area contributed by atoms with E-state index in [0.29, 0.717) is 12.8 Å². The lowest BCUT2D eigenvalue weighted by atomic mass is 9.95. The molecule has 124 valence electrons. The van der Waals surface area contributed by atoms with Gasteiger partial charge in [-0.25, -0.2) is 0 Å². The highest BCUT2D eigenvalue weighted by molar-refractivity contribution is 6.25. The Kier molecular flexibility index (Phi) is 4.01. The third kappa shape index (κ3) is 2.62. The van der Waals surface area contributed by atoms with E-state index in [1.165, 1.54) is 12.1 Å². The van der Waals surface area contributed by atoms with Crippen molar-refractivity contribution in [3.8, 4) is 0 Å². The van der Waals surface area contributed by atoms with Crippen molar-refractivity contribution >= 4 is 29.4 Å². The lowest BCUT2D eigenvalue weighted by Crippen LogP contribution is -2.42. The normalized spacial score (nSPS) is 17.5. The first kappa shape index (κ1) is 16.0. The zero-order valence-electron chi connectivity index (χ0n) is 13.0. The van der Waals surface area contributed by atoms with E-state index >= 15 is 0 Å². The van der Waals surface area contributed by atoms with E-state index < -0.39 is 41.8 Å². The minimum Gasteiger partial charge on any atom is -0.468 e. The Hall–Kier alpha value is -2.83. The second-order valence-electron chi connectivity index (χ2n) is 5.84. The van der Waals surface area contributed by atoms with Crippen LogP contribution in [0.5, 0.6) is 0 Å². The third-order valence-electron chi connectivity index (χ3n) is 4.22. The van der Waals surface area contributed by atoms with Crippen molar-refractivity contribution in [1.29, 1.82) is 0 Å². The highest BCUT2D eigenvalue weighted by Gasteiger charge is 2.45. The van der Waals surface area contributed by atoms with Gasteiger partial charge in [-0.2, -0.15) is 0 Å². The molecule has 1 aromatic rings. The van der Waals surface area contributed by atoms with Crippen molar-refractivity contribution in [3.05, 3.63) is 35.4 Å². The van der Waals surface area contributed by atoms with Gasteiger partial charge in [-0.05, 0) is 25.0 Å². The molecule has 7 heteroatoms. The number of amides is 2. The van der Waals surface area contributed by atoms with Gasteiger partial charge in [-0.15, -0.1) is 0 Å². The van der Waals surface area contributed by atoms with Crippen LogP contribution in [0.15, 0.2) is 24.3 Å². The number of ketones is 2. The van der Waals surface area contributed by atoms with Gasteiger partial charge in [-0.1, -0.05) is 12.1 Å². The van der Waals surface area contributed by atoms with Gasteiger partial charge in [0.1, 0.15) is 0 Å². The first-order valence-corrected chi connectivity index (χ1v) is 7.55. The summed E-state index contributed by atoms with van der Waals surface area (Å²) >= 11 is 0. The minimum atomic E-state index is -1.58. The molecule has 3 rings (SSSR count). The summed E-state index contributed by atoms with van der Waals surface area (Å²) in [5.41, 5.74) is 0.414. The Morgan fingerprint density at radius 1 is 1.12 bits per heavy atom. The van der Waals surface area contributed by atoms with Gasteiger partial charge in [0, 0.05) is 5.92 Å². The zero-order chi connectivity index (χ0) is 17.4. The predicted molar refractivity (Wildman–Crippen MR) is 80.1 cm³/mol. The fourth-order valence-electron chi connectivity index (χ4n) is 2.76. The second kappa shape index (κ2) is 5.99. The van der Waals surface area contributed by atoms with Crippen molar-refractivity contribution in [2.75, 3.05) is 13.7 Å². The van der Waals surface area contributed by atoms with Gasteiger partial charge >= 0.3 is 5.97 Å².